The van der Waals surface area contributed by atoms with Crippen LogP contribution < -0.4 is 4.74 Å². The maximum absolute atomic E-state index is 14.2. The van der Waals surface area contributed by atoms with Crippen LogP contribution in [0.4, 0.5) is 4.39 Å². The van der Waals surface area contributed by atoms with Crippen LogP contribution in [0, 0.1) is 24.1 Å². The Kier molecular flexibility index (Phi) is 8.04. The summed E-state index contributed by atoms with van der Waals surface area (Å²) in [6.07, 6.45) is 0.555. The Morgan fingerprint density at radius 2 is 1.88 bits per heavy atom. The second kappa shape index (κ2) is 12.0. The van der Waals surface area contributed by atoms with Crippen LogP contribution >= 0.6 is 0 Å². The Morgan fingerprint density at radius 3 is 2.61 bits per heavy atom. The van der Waals surface area contributed by atoms with Crippen LogP contribution in [0.1, 0.15) is 38.4 Å². The predicted octanol–water partition coefficient (Wildman–Crippen LogP) is 5.93. The molecule has 5 aromatic rings. The summed E-state index contributed by atoms with van der Waals surface area (Å²) < 4.78 is 27.3. The molecule has 0 amide bonds. The van der Waals surface area contributed by atoms with Gasteiger partial charge >= 0.3 is 5.97 Å². The van der Waals surface area contributed by atoms with E-state index in [2.05, 4.69) is 4.98 Å². The number of nitrogens with zero attached hydrogens (tertiary/aromatic N) is 4. The van der Waals surface area contributed by atoms with Crippen LogP contribution in [0.3, 0.4) is 0 Å². The van der Waals surface area contributed by atoms with Gasteiger partial charge in [-0.1, -0.05) is 24.3 Å². The fourth-order valence-electron chi connectivity index (χ4n) is 4.64. The number of aromatic carboxylic acids is 1. The number of carbonyl (C=O) groups is 1. The Bertz CT molecular complexity index is 1790. The maximum atomic E-state index is 14.2. The molecule has 0 fully saturated rings. The number of fused-ring (bicyclic) bond motifs is 1. The number of aromatic nitrogens is 3. The van der Waals surface area contributed by atoms with E-state index in [0.29, 0.717) is 36.7 Å². The van der Waals surface area contributed by atoms with E-state index < -0.39 is 11.8 Å². The SMILES string of the molecule is COCCn1c(Cc2ccc(-c3cccc(OCc4ccc(C#N)cc4F)n3)cc2C)nc2ccc(C(=O)O)cc21. The third-order valence-corrected chi connectivity index (χ3v) is 6.86. The highest BCUT2D eigenvalue weighted by atomic mass is 19.1. The van der Waals surface area contributed by atoms with Crippen molar-refractivity contribution in [2.75, 3.05) is 13.7 Å². The Hall–Kier alpha value is -5.07. The number of methoxy groups -OCH3 is 1. The van der Waals surface area contributed by atoms with Crippen LogP contribution in [-0.4, -0.2) is 39.3 Å². The minimum absolute atomic E-state index is 0.00993. The molecular weight excluding hydrogens is 523 g/mol. The van der Waals surface area contributed by atoms with Crippen molar-refractivity contribution in [3.05, 3.63) is 112 Å². The first-order valence-electron chi connectivity index (χ1n) is 13.0. The number of benzene rings is 3. The number of ether oxygens (including phenoxy) is 2. The molecule has 8 nitrogen and oxygen atoms in total. The average Bonchev–Trinajstić information content (AvgIpc) is 3.32. The predicted molar refractivity (Wildman–Crippen MR) is 151 cm³/mol. The van der Waals surface area contributed by atoms with Gasteiger partial charge in [0.05, 0.1) is 40.5 Å². The van der Waals surface area contributed by atoms with Crippen molar-refractivity contribution in [1.82, 2.24) is 14.5 Å². The van der Waals surface area contributed by atoms with Crippen molar-refractivity contribution in [1.29, 1.82) is 5.26 Å². The molecule has 5 rings (SSSR count). The highest BCUT2D eigenvalue weighted by Crippen LogP contribution is 2.26. The maximum Gasteiger partial charge on any atom is 0.335 e. The number of carboxylic acids is 1. The lowest BCUT2D eigenvalue weighted by Gasteiger charge is -2.12. The van der Waals surface area contributed by atoms with Gasteiger partial charge in [-0.2, -0.15) is 5.26 Å². The first kappa shape index (κ1) is 27.5. The number of pyridine rings is 1. The molecule has 41 heavy (non-hydrogen) atoms. The van der Waals surface area contributed by atoms with Crippen molar-refractivity contribution in [3.8, 4) is 23.2 Å². The number of rotatable bonds is 10. The fraction of sp³-hybridized carbons (Fsp3) is 0.188. The van der Waals surface area contributed by atoms with Crippen molar-refractivity contribution < 1.29 is 23.8 Å². The molecule has 0 bridgehead atoms. The molecule has 1 N–H and O–H groups in total. The topological polar surface area (TPSA) is 110 Å². The van der Waals surface area contributed by atoms with E-state index in [1.54, 1.807) is 37.4 Å². The van der Waals surface area contributed by atoms with E-state index in [-0.39, 0.29) is 17.7 Å². The van der Waals surface area contributed by atoms with Gasteiger partial charge in [0.2, 0.25) is 5.88 Å². The molecule has 0 unspecified atom stereocenters. The van der Waals surface area contributed by atoms with E-state index in [1.165, 1.54) is 12.1 Å². The molecule has 206 valence electrons. The second-order valence-electron chi connectivity index (χ2n) is 9.57. The van der Waals surface area contributed by atoms with Gasteiger partial charge in [0.1, 0.15) is 18.2 Å². The summed E-state index contributed by atoms with van der Waals surface area (Å²) in [6.45, 7) is 3.03. The summed E-state index contributed by atoms with van der Waals surface area (Å²) in [5.41, 5.74) is 6.04. The third-order valence-electron chi connectivity index (χ3n) is 6.86. The monoisotopic (exact) mass is 550 g/mol. The van der Waals surface area contributed by atoms with Gasteiger partial charge < -0.3 is 19.1 Å². The Labute approximate surface area is 236 Å². The number of aryl methyl sites for hydroxylation is 1. The number of carboxylic acid groups (broad SMARTS) is 1. The summed E-state index contributed by atoms with van der Waals surface area (Å²) in [4.78, 5) is 20.9. The third kappa shape index (κ3) is 6.08. The number of imidazole rings is 1. The number of halogens is 1. The fourth-order valence-corrected chi connectivity index (χ4v) is 4.64. The van der Waals surface area contributed by atoms with Crippen molar-refractivity contribution in [3.63, 3.8) is 0 Å². The highest BCUT2D eigenvalue weighted by Gasteiger charge is 2.15. The lowest BCUT2D eigenvalue weighted by Crippen LogP contribution is -2.09. The smallest absolute Gasteiger partial charge is 0.335 e. The zero-order valence-electron chi connectivity index (χ0n) is 22.6. The molecule has 0 saturated carbocycles. The van der Waals surface area contributed by atoms with Gasteiger partial charge in [-0.3, -0.25) is 0 Å². The lowest BCUT2D eigenvalue weighted by atomic mass is 10.0. The average molecular weight is 551 g/mol. The number of hydrogen-bond acceptors (Lipinski definition) is 6. The van der Waals surface area contributed by atoms with Gasteiger partial charge in [-0.15, -0.1) is 0 Å². The highest BCUT2D eigenvalue weighted by molar-refractivity contribution is 5.92. The Balaban J connectivity index is 1.36. The second-order valence-corrected chi connectivity index (χ2v) is 9.57. The van der Waals surface area contributed by atoms with E-state index in [1.807, 2.05) is 47.9 Å². The molecule has 0 aliphatic carbocycles. The van der Waals surface area contributed by atoms with Gasteiger partial charge in [0, 0.05) is 37.3 Å². The van der Waals surface area contributed by atoms with Crippen LogP contribution in [0.2, 0.25) is 0 Å². The minimum Gasteiger partial charge on any atom is -0.478 e. The molecule has 2 aromatic heterocycles. The molecule has 3 aromatic carbocycles. The first-order chi connectivity index (χ1) is 19.9. The van der Waals surface area contributed by atoms with Crippen molar-refractivity contribution in [2.24, 2.45) is 0 Å². The molecule has 0 aliphatic heterocycles. The van der Waals surface area contributed by atoms with Crippen LogP contribution in [-0.2, 0) is 24.3 Å². The number of nitriles is 1. The standard InChI is InChI=1S/C32H27FN4O4/c1-20-14-23(27-4-3-5-31(36-27)41-19-25-7-6-21(18-34)15-26(25)33)9-8-22(20)17-30-35-28-11-10-24(32(38)39)16-29(28)37(30)12-13-40-2/h3-11,14-16H,12-13,17,19H2,1-2H3,(H,38,39). The van der Waals surface area contributed by atoms with Gasteiger partial charge in [-0.25, -0.2) is 19.2 Å². The summed E-state index contributed by atoms with van der Waals surface area (Å²) in [7, 11) is 1.63. The van der Waals surface area contributed by atoms with Crippen LogP contribution in [0.5, 0.6) is 5.88 Å². The largest absolute Gasteiger partial charge is 0.478 e. The zero-order valence-corrected chi connectivity index (χ0v) is 22.6. The summed E-state index contributed by atoms with van der Waals surface area (Å²) in [6, 6.07) is 22.6. The number of hydrogen-bond donors (Lipinski definition) is 1. The normalized spacial score (nSPS) is 11.0. The molecule has 0 aliphatic rings. The molecule has 0 saturated heterocycles. The van der Waals surface area contributed by atoms with Gasteiger partial charge in [0.25, 0.3) is 0 Å². The quantitative estimate of drug-likeness (QED) is 0.229. The van der Waals surface area contributed by atoms with E-state index >= 15 is 0 Å². The van der Waals surface area contributed by atoms with Gasteiger partial charge in [0.15, 0.2) is 0 Å². The first-order valence-corrected chi connectivity index (χ1v) is 13.0. The van der Waals surface area contributed by atoms with E-state index in [9.17, 15) is 14.3 Å². The van der Waals surface area contributed by atoms with Crippen molar-refractivity contribution in [2.45, 2.75) is 26.5 Å². The summed E-state index contributed by atoms with van der Waals surface area (Å²) in [5, 5.41) is 18.4. The van der Waals surface area contributed by atoms with Gasteiger partial charge in [-0.05, 0) is 60.5 Å². The molecule has 0 spiro atoms. The van der Waals surface area contributed by atoms with Crippen LogP contribution in [0.25, 0.3) is 22.3 Å². The van der Waals surface area contributed by atoms with E-state index in [0.717, 1.165) is 33.5 Å². The van der Waals surface area contributed by atoms with Crippen molar-refractivity contribution >= 4 is 17.0 Å². The molecule has 9 heteroatoms. The molecular formula is C32H27FN4O4. The lowest BCUT2D eigenvalue weighted by molar-refractivity contribution is 0.0697. The zero-order chi connectivity index (χ0) is 28.9. The Morgan fingerprint density at radius 1 is 1.05 bits per heavy atom. The molecule has 0 radical (unpaired) electrons. The summed E-state index contributed by atoms with van der Waals surface area (Å²) >= 11 is 0. The molecule has 0 atom stereocenters. The van der Waals surface area contributed by atoms with E-state index in [4.69, 9.17) is 19.7 Å². The van der Waals surface area contributed by atoms with Crippen LogP contribution in [0.15, 0.2) is 72.8 Å². The minimum atomic E-state index is -0.983. The molecule has 2 heterocycles. The summed E-state index contributed by atoms with van der Waals surface area (Å²) in [5.74, 6) is -0.298.